The fraction of sp³-hybridized carbons (Fsp3) is 0.0256. The summed E-state index contributed by atoms with van der Waals surface area (Å²) in [5.41, 5.74) is 10.1. The van der Waals surface area contributed by atoms with E-state index in [1.165, 1.54) is 0 Å². The molecule has 0 aliphatic rings. The van der Waals surface area contributed by atoms with E-state index in [0.29, 0.717) is 5.56 Å². The summed E-state index contributed by atoms with van der Waals surface area (Å²) in [5.74, 6) is 0. The molecule has 9 rings (SSSR count). The number of aliphatic imine (C=N–C) groups is 1. The van der Waals surface area contributed by atoms with Gasteiger partial charge in [0.2, 0.25) is 0 Å². The first-order chi connectivity index (χ1) is 21.7. The molecule has 3 heterocycles. The third-order valence-corrected chi connectivity index (χ3v) is 8.62. The molecule has 5 heteroatoms. The molecule has 0 radical (unpaired) electrons. The Bertz CT molecular complexity index is 2700. The minimum Gasteiger partial charge on any atom is -0.456 e. The van der Waals surface area contributed by atoms with E-state index in [1.54, 1.807) is 7.05 Å². The average Bonchev–Trinajstić information content (AvgIpc) is 3.73. The van der Waals surface area contributed by atoms with Gasteiger partial charge in [0.1, 0.15) is 22.3 Å². The fourth-order valence-corrected chi connectivity index (χ4v) is 6.74. The lowest BCUT2D eigenvalue weighted by atomic mass is 9.98. The largest absolute Gasteiger partial charge is 0.456 e. The molecule has 0 N–H and O–H groups in total. The van der Waals surface area contributed by atoms with E-state index in [1.807, 2.05) is 48.7 Å². The lowest BCUT2D eigenvalue weighted by Gasteiger charge is -2.15. The van der Waals surface area contributed by atoms with Gasteiger partial charge >= 0.3 is 0 Å². The Morgan fingerprint density at radius 3 is 2.25 bits per heavy atom. The molecule has 44 heavy (non-hydrogen) atoms. The molecule has 0 amide bonds. The quantitative estimate of drug-likeness (QED) is 0.200. The molecule has 0 aliphatic carbocycles. The molecule has 0 unspecified atom stereocenters. The number of nitrogens with zero attached hydrogens (tertiary/aromatic N) is 3. The van der Waals surface area contributed by atoms with E-state index in [0.717, 1.165) is 88.1 Å². The molecule has 0 saturated heterocycles. The summed E-state index contributed by atoms with van der Waals surface area (Å²) < 4.78 is 14.9. The Morgan fingerprint density at radius 1 is 0.659 bits per heavy atom. The molecule has 6 aromatic carbocycles. The molecule has 5 nitrogen and oxygen atoms in total. The highest BCUT2D eigenvalue weighted by Gasteiger charge is 2.21. The van der Waals surface area contributed by atoms with Crippen molar-refractivity contribution in [1.29, 1.82) is 5.26 Å². The molecule has 0 atom stereocenters. The van der Waals surface area contributed by atoms with E-state index in [4.69, 9.17) is 8.83 Å². The molecular weight excluding hydrogens is 542 g/mol. The number of hydrogen-bond donors (Lipinski definition) is 0. The minimum absolute atomic E-state index is 0.599. The van der Waals surface area contributed by atoms with Gasteiger partial charge in [-0.1, -0.05) is 42.5 Å². The maximum atomic E-state index is 9.97. The second kappa shape index (κ2) is 9.19. The molecule has 0 aliphatic heterocycles. The van der Waals surface area contributed by atoms with E-state index >= 15 is 0 Å². The summed E-state index contributed by atoms with van der Waals surface area (Å²) in [6.07, 6.45) is 1.85. The SMILES string of the molecule is CN=Cc1ccc2oc3ccc(-c4cc(C#N)ccc4-n4c5ccccc5c5ccc6oc7ccccc7c6c54)cc3c2c1. The highest BCUT2D eigenvalue weighted by Crippen LogP contribution is 2.43. The predicted molar refractivity (Wildman–Crippen MR) is 179 cm³/mol. The van der Waals surface area contributed by atoms with Gasteiger partial charge in [-0.3, -0.25) is 4.99 Å². The predicted octanol–water partition coefficient (Wildman–Crippen LogP) is 10.2. The zero-order valence-corrected chi connectivity index (χ0v) is 23.7. The summed E-state index contributed by atoms with van der Waals surface area (Å²) in [7, 11) is 1.77. The second-order valence-corrected chi connectivity index (χ2v) is 11.1. The van der Waals surface area contributed by atoms with Crippen LogP contribution in [0, 0.1) is 11.3 Å². The van der Waals surface area contributed by atoms with Crippen LogP contribution in [0.25, 0.3) is 82.5 Å². The van der Waals surface area contributed by atoms with Gasteiger partial charge in [-0.25, -0.2) is 0 Å². The average molecular weight is 566 g/mol. The summed E-state index contributed by atoms with van der Waals surface area (Å²) in [6, 6.07) is 41.6. The van der Waals surface area contributed by atoms with Gasteiger partial charge in [0, 0.05) is 45.8 Å². The van der Waals surface area contributed by atoms with Crippen molar-refractivity contribution >= 4 is 71.9 Å². The standard InChI is InChI=1S/C39H23N3O2/c1-41-22-24-11-15-35-30(19-24)31-20-25(12-16-36(31)43-35)29-18-23(21-40)10-14-33(29)42-32-8-4-2-6-26(32)27-13-17-37-38(39(27)42)28-7-3-5-9-34(28)44-37/h2-20,22H,1H3. The molecule has 9 aromatic rings. The van der Waals surface area contributed by atoms with Crippen molar-refractivity contribution < 1.29 is 8.83 Å². The summed E-state index contributed by atoms with van der Waals surface area (Å²) >= 11 is 0. The van der Waals surface area contributed by atoms with Crippen molar-refractivity contribution in [3.8, 4) is 22.9 Å². The van der Waals surface area contributed by atoms with Crippen LogP contribution in [-0.4, -0.2) is 17.8 Å². The van der Waals surface area contributed by atoms with Crippen LogP contribution in [0.5, 0.6) is 0 Å². The van der Waals surface area contributed by atoms with Crippen molar-refractivity contribution in [2.75, 3.05) is 7.05 Å². The first-order valence-corrected chi connectivity index (χ1v) is 14.5. The molecule has 0 bridgehead atoms. The van der Waals surface area contributed by atoms with Crippen molar-refractivity contribution in [3.63, 3.8) is 0 Å². The van der Waals surface area contributed by atoms with Crippen molar-refractivity contribution in [3.05, 3.63) is 126 Å². The number of para-hydroxylation sites is 2. The van der Waals surface area contributed by atoms with Crippen molar-refractivity contribution in [1.82, 2.24) is 4.57 Å². The zero-order valence-electron chi connectivity index (χ0n) is 23.7. The topological polar surface area (TPSA) is 67.4 Å². The summed E-state index contributed by atoms with van der Waals surface area (Å²) in [4.78, 5) is 4.19. The first-order valence-electron chi connectivity index (χ1n) is 14.5. The number of aromatic nitrogens is 1. The first kappa shape index (κ1) is 24.5. The van der Waals surface area contributed by atoms with E-state index in [9.17, 15) is 5.26 Å². The molecule has 0 fully saturated rings. The lowest BCUT2D eigenvalue weighted by Crippen LogP contribution is -1.98. The summed E-state index contributed by atoms with van der Waals surface area (Å²) in [6.45, 7) is 0. The fourth-order valence-electron chi connectivity index (χ4n) is 6.74. The maximum Gasteiger partial charge on any atom is 0.137 e. The van der Waals surface area contributed by atoms with Gasteiger partial charge in [-0.15, -0.1) is 0 Å². The normalized spacial score (nSPS) is 12.1. The van der Waals surface area contributed by atoms with Crippen LogP contribution in [0.2, 0.25) is 0 Å². The van der Waals surface area contributed by atoms with Crippen LogP contribution >= 0.6 is 0 Å². The number of hydrogen-bond acceptors (Lipinski definition) is 4. The molecule has 206 valence electrons. The summed E-state index contributed by atoms with van der Waals surface area (Å²) in [5, 5.41) is 16.5. The Balaban J connectivity index is 1.40. The molecular formula is C39H23N3O2. The Labute approximate surface area is 251 Å². The smallest absolute Gasteiger partial charge is 0.137 e. The molecule has 3 aromatic heterocycles. The van der Waals surface area contributed by atoms with E-state index in [2.05, 4.69) is 88.4 Å². The van der Waals surface area contributed by atoms with Crippen molar-refractivity contribution in [2.24, 2.45) is 4.99 Å². The number of fused-ring (bicyclic) bond motifs is 10. The zero-order chi connectivity index (χ0) is 29.4. The molecule has 0 spiro atoms. The third kappa shape index (κ3) is 3.43. The highest BCUT2D eigenvalue weighted by atomic mass is 16.3. The molecule has 0 saturated carbocycles. The van der Waals surface area contributed by atoms with Gasteiger partial charge in [0.25, 0.3) is 0 Å². The minimum atomic E-state index is 0.599. The van der Waals surface area contributed by atoms with Crippen LogP contribution < -0.4 is 0 Å². The Hall–Kier alpha value is -6.12. The number of rotatable bonds is 3. The lowest BCUT2D eigenvalue weighted by molar-refractivity contribution is 0.668. The number of nitriles is 1. The Kier molecular flexibility index (Phi) is 5.11. The van der Waals surface area contributed by atoms with Crippen LogP contribution in [0.4, 0.5) is 0 Å². The van der Waals surface area contributed by atoms with Crippen LogP contribution in [0.3, 0.4) is 0 Å². The Morgan fingerprint density at radius 2 is 1.39 bits per heavy atom. The van der Waals surface area contributed by atoms with Crippen LogP contribution in [-0.2, 0) is 0 Å². The van der Waals surface area contributed by atoms with Gasteiger partial charge in [-0.05, 0) is 83.9 Å². The van der Waals surface area contributed by atoms with Gasteiger partial charge < -0.3 is 13.4 Å². The number of furan rings is 2. The van der Waals surface area contributed by atoms with Crippen molar-refractivity contribution in [2.45, 2.75) is 0 Å². The van der Waals surface area contributed by atoms with Gasteiger partial charge in [0.05, 0.1) is 33.7 Å². The van der Waals surface area contributed by atoms with Gasteiger partial charge in [-0.2, -0.15) is 5.26 Å². The maximum absolute atomic E-state index is 9.97. The third-order valence-electron chi connectivity index (χ3n) is 8.62. The number of benzene rings is 6. The van der Waals surface area contributed by atoms with E-state index in [-0.39, 0.29) is 0 Å². The van der Waals surface area contributed by atoms with Crippen LogP contribution in [0.15, 0.2) is 129 Å². The van der Waals surface area contributed by atoms with E-state index < -0.39 is 0 Å². The highest BCUT2D eigenvalue weighted by molar-refractivity contribution is 6.24. The van der Waals surface area contributed by atoms with Crippen LogP contribution in [0.1, 0.15) is 11.1 Å². The monoisotopic (exact) mass is 565 g/mol. The van der Waals surface area contributed by atoms with Gasteiger partial charge in [0.15, 0.2) is 0 Å². The second-order valence-electron chi connectivity index (χ2n) is 11.1.